The Labute approximate surface area is 149 Å². The highest BCUT2D eigenvalue weighted by molar-refractivity contribution is 5.85. The Hall–Kier alpha value is -1.46. The van der Waals surface area contributed by atoms with Gasteiger partial charge in [-0.2, -0.15) is 0 Å². The molecule has 1 aromatic rings. The molecule has 6 heteroatoms. The van der Waals surface area contributed by atoms with Crippen LogP contribution in [0, 0.1) is 11.3 Å². The van der Waals surface area contributed by atoms with Gasteiger partial charge in [0.2, 0.25) is 12.7 Å². The second kappa shape index (κ2) is 6.81. The Morgan fingerprint density at radius 1 is 1.29 bits per heavy atom. The van der Waals surface area contributed by atoms with Gasteiger partial charge < -0.3 is 19.7 Å². The SMILES string of the molecule is CCN(Cc1ccc2c(c1)OCO2)C(=O)C1CC12CCNCC2.Cl. The molecule has 1 saturated heterocycles. The summed E-state index contributed by atoms with van der Waals surface area (Å²) < 4.78 is 10.8. The number of nitrogens with one attached hydrogen (secondary N) is 1. The molecule has 1 aromatic carbocycles. The number of fused-ring (bicyclic) bond motifs is 1. The number of carbonyl (C=O) groups is 1. The van der Waals surface area contributed by atoms with Crippen molar-refractivity contribution in [3.8, 4) is 11.5 Å². The maximum atomic E-state index is 12.9. The first-order valence-corrected chi connectivity index (χ1v) is 8.60. The summed E-state index contributed by atoms with van der Waals surface area (Å²) in [6, 6.07) is 5.95. The van der Waals surface area contributed by atoms with Gasteiger partial charge >= 0.3 is 0 Å². The molecule has 24 heavy (non-hydrogen) atoms. The third-order valence-corrected chi connectivity index (χ3v) is 5.59. The average Bonchev–Trinajstić information content (AvgIpc) is 3.06. The molecule has 5 nitrogen and oxygen atoms in total. The summed E-state index contributed by atoms with van der Waals surface area (Å²) in [7, 11) is 0. The van der Waals surface area contributed by atoms with Crippen LogP contribution in [0.4, 0.5) is 0 Å². The fourth-order valence-corrected chi connectivity index (χ4v) is 4.00. The number of nitrogens with zero attached hydrogens (tertiary/aromatic N) is 1. The van der Waals surface area contributed by atoms with Gasteiger partial charge in [-0.25, -0.2) is 0 Å². The van der Waals surface area contributed by atoms with E-state index >= 15 is 0 Å². The quantitative estimate of drug-likeness (QED) is 0.904. The van der Waals surface area contributed by atoms with Crippen LogP contribution in [0.5, 0.6) is 11.5 Å². The van der Waals surface area contributed by atoms with Crippen LogP contribution in [0.25, 0.3) is 0 Å². The second-order valence-electron chi connectivity index (χ2n) is 6.91. The predicted molar refractivity (Wildman–Crippen MR) is 93.5 cm³/mol. The molecule has 0 radical (unpaired) electrons. The summed E-state index contributed by atoms with van der Waals surface area (Å²) in [6.07, 6.45) is 3.36. The summed E-state index contributed by atoms with van der Waals surface area (Å²) in [4.78, 5) is 14.9. The molecule has 132 valence electrons. The first-order valence-electron chi connectivity index (χ1n) is 8.60. The van der Waals surface area contributed by atoms with Crippen LogP contribution in [0.15, 0.2) is 18.2 Å². The maximum absolute atomic E-state index is 12.9. The summed E-state index contributed by atoms with van der Waals surface area (Å²) in [5.41, 5.74) is 1.40. The van der Waals surface area contributed by atoms with Crippen LogP contribution in [-0.2, 0) is 11.3 Å². The summed E-state index contributed by atoms with van der Waals surface area (Å²) in [6.45, 7) is 5.85. The van der Waals surface area contributed by atoms with Gasteiger partial charge in [0.25, 0.3) is 0 Å². The molecular weight excluding hydrogens is 328 g/mol. The minimum Gasteiger partial charge on any atom is -0.454 e. The van der Waals surface area contributed by atoms with Gasteiger partial charge in [0.05, 0.1) is 0 Å². The van der Waals surface area contributed by atoms with Gasteiger partial charge in [0.1, 0.15) is 0 Å². The van der Waals surface area contributed by atoms with Crippen molar-refractivity contribution in [2.24, 2.45) is 11.3 Å². The summed E-state index contributed by atoms with van der Waals surface area (Å²) >= 11 is 0. The van der Waals surface area contributed by atoms with Crippen molar-refractivity contribution in [1.29, 1.82) is 0 Å². The molecule has 0 bridgehead atoms. The normalized spacial score (nSPS) is 22.8. The number of piperidine rings is 1. The number of ether oxygens (including phenoxy) is 2. The van der Waals surface area contributed by atoms with Crippen molar-refractivity contribution in [2.75, 3.05) is 26.4 Å². The average molecular weight is 353 g/mol. The summed E-state index contributed by atoms with van der Waals surface area (Å²) in [5.74, 6) is 2.14. The van der Waals surface area contributed by atoms with Gasteiger partial charge in [-0.15, -0.1) is 12.4 Å². The predicted octanol–water partition coefficient (Wildman–Crippen LogP) is 2.58. The lowest BCUT2D eigenvalue weighted by atomic mass is 9.91. The van der Waals surface area contributed by atoms with E-state index in [1.807, 2.05) is 23.1 Å². The van der Waals surface area contributed by atoms with E-state index in [2.05, 4.69) is 12.2 Å². The Morgan fingerprint density at radius 3 is 2.79 bits per heavy atom. The van der Waals surface area contributed by atoms with Gasteiger partial charge in [0.15, 0.2) is 11.5 Å². The molecule has 1 amide bonds. The lowest BCUT2D eigenvalue weighted by molar-refractivity contribution is -0.134. The molecule has 0 aromatic heterocycles. The van der Waals surface area contributed by atoms with Gasteiger partial charge in [-0.3, -0.25) is 4.79 Å². The van der Waals surface area contributed by atoms with Crippen molar-refractivity contribution in [1.82, 2.24) is 10.2 Å². The molecule has 2 fully saturated rings. The minimum atomic E-state index is 0. The second-order valence-corrected chi connectivity index (χ2v) is 6.91. The lowest BCUT2D eigenvalue weighted by Crippen LogP contribution is -2.36. The number of carbonyl (C=O) groups excluding carboxylic acids is 1. The number of halogens is 1. The van der Waals surface area contributed by atoms with Crippen LogP contribution in [-0.4, -0.2) is 37.2 Å². The Kier molecular flexibility index (Phi) is 4.92. The van der Waals surface area contributed by atoms with E-state index in [4.69, 9.17) is 9.47 Å². The molecule has 4 rings (SSSR count). The van der Waals surface area contributed by atoms with Crippen molar-refractivity contribution in [3.63, 3.8) is 0 Å². The van der Waals surface area contributed by atoms with E-state index in [-0.39, 0.29) is 25.1 Å². The molecule has 1 atom stereocenters. The van der Waals surface area contributed by atoms with Gasteiger partial charge in [-0.1, -0.05) is 6.07 Å². The van der Waals surface area contributed by atoms with Crippen LogP contribution in [0.3, 0.4) is 0 Å². The van der Waals surface area contributed by atoms with E-state index in [9.17, 15) is 4.79 Å². The molecule has 2 aliphatic heterocycles. The maximum Gasteiger partial charge on any atom is 0.231 e. The van der Waals surface area contributed by atoms with Crippen LogP contribution in [0.2, 0.25) is 0 Å². The van der Waals surface area contributed by atoms with Crippen LogP contribution < -0.4 is 14.8 Å². The number of amides is 1. The first kappa shape index (κ1) is 17.4. The molecule has 3 aliphatic rings. The van der Waals surface area contributed by atoms with Crippen molar-refractivity contribution >= 4 is 18.3 Å². The van der Waals surface area contributed by atoms with Gasteiger partial charge in [0, 0.05) is 19.0 Å². The molecular formula is C18H25ClN2O3. The molecule has 1 N–H and O–H groups in total. The molecule has 1 aliphatic carbocycles. The van der Waals surface area contributed by atoms with E-state index in [1.165, 1.54) is 0 Å². The largest absolute Gasteiger partial charge is 0.454 e. The van der Waals surface area contributed by atoms with Gasteiger partial charge in [-0.05, 0) is 62.4 Å². The Balaban J connectivity index is 0.00000169. The third-order valence-electron chi connectivity index (χ3n) is 5.59. The monoisotopic (exact) mass is 352 g/mol. The highest BCUT2D eigenvalue weighted by Gasteiger charge is 2.58. The number of hydrogen-bond acceptors (Lipinski definition) is 4. The molecule has 1 unspecified atom stereocenters. The lowest BCUT2D eigenvalue weighted by Gasteiger charge is -2.26. The third kappa shape index (κ3) is 3.07. The first-order chi connectivity index (χ1) is 11.2. The standard InChI is InChI=1S/C18H24N2O3.ClH/c1-2-20(11-13-3-4-15-16(9-13)23-12-22-15)17(21)14-10-18(14)5-7-19-8-6-18;/h3-4,9,14,19H,2,5-8,10-12H2,1H3;1H. The Morgan fingerprint density at radius 2 is 2.04 bits per heavy atom. The fraction of sp³-hybridized carbons (Fsp3) is 0.611. The van der Waals surface area contributed by atoms with Crippen LogP contribution >= 0.6 is 12.4 Å². The van der Waals surface area contributed by atoms with E-state index in [0.29, 0.717) is 17.9 Å². The summed E-state index contributed by atoms with van der Waals surface area (Å²) in [5, 5.41) is 3.40. The molecule has 1 saturated carbocycles. The number of hydrogen-bond donors (Lipinski definition) is 1. The minimum absolute atomic E-state index is 0. The zero-order valence-corrected chi connectivity index (χ0v) is 14.9. The van der Waals surface area contributed by atoms with Crippen molar-refractivity contribution in [2.45, 2.75) is 32.7 Å². The highest BCUT2D eigenvalue weighted by atomic mass is 35.5. The zero-order valence-electron chi connectivity index (χ0n) is 14.0. The van der Waals surface area contributed by atoms with Crippen molar-refractivity contribution in [3.05, 3.63) is 23.8 Å². The van der Waals surface area contributed by atoms with Crippen molar-refractivity contribution < 1.29 is 14.3 Å². The number of benzene rings is 1. The van der Waals surface area contributed by atoms with E-state index < -0.39 is 0 Å². The Bertz CT molecular complexity index is 616. The number of rotatable bonds is 4. The zero-order chi connectivity index (χ0) is 15.9. The molecule has 1 spiro atoms. The highest BCUT2D eigenvalue weighted by Crippen LogP contribution is 2.59. The topological polar surface area (TPSA) is 50.8 Å². The molecule has 2 heterocycles. The fourth-order valence-electron chi connectivity index (χ4n) is 4.00. The smallest absolute Gasteiger partial charge is 0.231 e. The van der Waals surface area contributed by atoms with E-state index in [0.717, 1.165) is 56.0 Å². The van der Waals surface area contributed by atoms with E-state index in [1.54, 1.807) is 0 Å². The van der Waals surface area contributed by atoms with Crippen LogP contribution in [0.1, 0.15) is 31.7 Å².